The molecule has 2 aromatic rings. The Labute approximate surface area is 148 Å². The van der Waals surface area contributed by atoms with Crippen LogP contribution in [-0.2, 0) is 4.79 Å². The summed E-state index contributed by atoms with van der Waals surface area (Å²) in [5.74, 6) is 0.743. The second-order valence-electron chi connectivity index (χ2n) is 6.33. The fourth-order valence-electron chi connectivity index (χ4n) is 2.13. The van der Waals surface area contributed by atoms with Crippen LogP contribution in [0.2, 0.25) is 0 Å². The molecule has 0 aliphatic heterocycles. The molecule has 0 unspecified atom stereocenters. The minimum atomic E-state index is -0.160. The molecule has 2 rings (SSSR count). The van der Waals surface area contributed by atoms with Gasteiger partial charge in [0.15, 0.2) is 6.61 Å². The summed E-state index contributed by atoms with van der Waals surface area (Å²) in [6, 6.07) is 14.5. The number of carbonyl (C=O) groups is 2. The number of hydrogen-bond acceptors (Lipinski definition) is 3. The maximum atomic E-state index is 12.3. The molecule has 0 fully saturated rings. The van der Waals surface area contributed by atoms with Crippen molar-refractivity contribution < 1.29 is 14.3 Å². The van der Waals surface area contributed by atoms with Crippen LogP contribution in [0.3, 0.4) is 0 Å². The maximum Gasteiger partial charge on any atom is 0.259 e. The summed E-state index contributed by atoms with van der Waals surface area (Å²) in [6.07, 6.45) is 0. The molecule has 0 radical (unpaired) electrons. The number of carbonyl (C=O) groups excluding carboxylic acids is 2. The molecule has 0 aromatic heterocycles. The number of amides is 2. The first-order valence-corrected chi connectivity index (χ1v) is 8.21. The van der Waals surface area contributed by atoms with Crippen molar-refractivity contribution in [2.45, 2.75) is 19.8 Å². The zero-order valence-electron chi connectivity index (χ0n) is 15.1. The highest BCUT2D eigenvalue weighted by atomic mass is 16.5. The highest BCUT2D eigenvalue weighted by Gasteiger charge is 2.08. The molecule has 0 aliphatic rings. The fraction of sp³-hybridized carbons (Fsp3) is 0.300. The second kappa shape index (κ2) is 8.33. The van der Waals surface area contributed by atoms with Crippen molar-refractivity contribution >= 4 is 17.5 Å². The number of nitrogens with one attached hydrogen (secondary N) is 1. The molecule has 5 nitrogen and oxygen atoms in total. The largest absolute Gasteiger partial charge is 0.484 e. The predicted molar refractivity (Wildman–Crippen MR) is 99.1 cm³/mol. The van der Waals surface area contributed by atoms with Crippen LogP contribution in [0.1, 0.15) is 35.7 Å². The topological polar surface area (TPSA) is 58.6 Å². The van der Waals surface area contributed by atoms with Gasteiger partial charge >= 0.3 is 0 Å². The Morgan fingerprint density at radius 1 is 1.00 bits per heavy atom. The number of benzene rings is 2. The number of nitrogens with zero attached hydrogens (tertiary/aromatic N) is 1. The van der Waals surface area contributed by atoms with E-state index >= 15 is 0 Å². The molecule has 0 saturated carbocycles. The van der Waals surface area contributed by atoms with Crippen LogP contribution in [0.15, 0.2) is 48.5 Å². The molecule has 2 amide bonds. The highest BCUT2D eigenvalue weighted by molar-refractivity contribution is 6.04. The number of likely N-dealkylation sites (N-methyl/N-ethyl adjacent to an activating group) is 1. The van der Waals surface area contributed by atoms with Gasteiger partial charge in [-0.3, -0.25) is 9.59 Å². The van der Waals surface area contributed by atoms with E-state index in [9.17, 15) is 9.59 Å². The Kier molecular flexibility index (Phi) is 6.17. The first kappa shape index (κ1) is 18.5. The Bertz CT molecular complexity index is 720. The summed E-state index contributed by atoms with van der Waals surface area (Å²) in [5.41, 5.74) is 2.48. The van der Waals surface area contributed by atoms with E-state index in [1.54, 1.807) is 38.4 Å². The molecule has 0 saturated heterocycles. The first-order chi connectivity index (χ1) is 11.9. The lowest BCUT2D eigenvalue weighted by Gasteiger charge is -2.12. The van der Waals surface area contributed by atoms with Gasteiger partial charge in [0, 0.05) is 25.3 Å². The summed E-state index contributed by atoms with van der Waals surface area (Å²) in [5, 5.41) is 2.85. The van der Waals surface area contributed by atoms with Gasteiger partial charge in [0.05, 0.1) is 0 Å². The van der Waals surface area contributed by atoms with Crippen molar-refractivity contribution in [2.24, 2.45) is 0 Å². The molecular weight excluding hydrogens is 316 g/mol. The summed E-state index contributed by atoms with van der Waals surface area (Å²) >= 11 is 0. The van der Waals surface area contributed by atoms with E-state index in [2.05, 4.69) is 19.2 Å². The van der Waals surface area contributed by atoms with E-state index in [0.717, 1.165) is 0 Å². The average Bonchev–Trinajstić information content (AvgIpc) is 2.60. The van der Waals surface area contributed by atoms with Crippen molar-refractivity contribution in [3.63, 3.8) is 0 Å². The quantitative estimate of drug-likeness (QED) is 0.875. The van der Waals surface area contributed by atoms with Crippen LogP contribution >= 0.6 is 0 Å². The molecule has 0 aliphatic carbocycles. The smallest absolute Gasteiger partial charge is 0.259 e. The minimum absolute atomic E-state index is 0.0130. The van der Waals surface area contributed by atoms with Gasteiger partial charge in [-0.15, -0.1) is 0 Å². The van der Waals surface area contributed by atoms with Crippen LogP contribution in [0, 0.1) is 0 Å². The van der Waals surface area contributed by atoms with Gasteiger partial charge in [-0.05, 0) is 47.9 Å². The molecule has 132 valence electrons. The van der Waals surface area contributed by atoms with E-state index in [4.69, 9.17) is 4.74 Å². The summed E-state index contributed by atoms with van der Waals surface area (Å²) in [7, 11) is 3.36. The van der Waals surface area contributed by atoms with Gasteiger partial charge in [0.1, 0.15) is 5.75 Å². The van der Waals surface area contributed by atoms with E-state index in [-0.39, 0.29) is 18.4 Å². The van der Waals surface area contributed by atoms with Crippen LogP contribution in [-0.4, -0.2) is 37.4 Å². The first-order valence-electron chi connectivity index (χ1n) is 8.21. The monoisotopic (exact) mass is 340 g/mol. The van der Waals surface area contributed by atoms with Gasteiger partial charge in [0.25, 0.3) is 11.8 Å². The second-order valence-corrected chi connectivity index (χ2v) is 6.33. The van der Waals surface area contributed by atoms with Crippen molar-refractivity contribution in [2.75, 3.05) is 26.0 Å². The Balaban J connectivity index is 1.94. The standard InChI is InChI=1S/C20H24N2O3/c1-14(2)15-5-7-16(8-6-15)20(24)21-17-9-11-18(12-10-17)25-13-19(23)22(3)4/h5-12,14H,13H2,1-4H3,(H,21,24). The van der Waals surface area contributed by atoms with Gasteiger partial charge in [0.2, 0.25) is 0 Å². The van der Waals surface area contributed by atoms with Crippen LogP contribution in [0.4, 0.5) is 5.69 Å². The lowest BCUT2D eigenvalue weighted by atomic mass is 10.0. The van der Waals surface area contributed by atoms with Crippen molar-refractivity contribution in [3.8, 4) is 5.75 Å². The highest BCUT2D eigenvalue weighted by Crippen LogP contribution is 2.18. The minimum Gasteiger partial charge on any atom is -0.484 e. The third kappa shape index (κ3) is 5.35. The molecule has 5 heteroatoms. The summed E-state index contributed by atoms with van der Waals surface area (Å²) < 4.78 is 5.41. The third-order valence-corrected chi connectivity index (χ3v) is 3.81. The SMILES string of the molecule is CC(C)c1ccc(C(=O)Nc2ccc(OCC(=O)N(C)C)cc2)cc1. The van der Waals surface area contributed by atoms with Crippen LogP contribution in [0.5, 0.6) is 5.75 Å². The summed E-state index contributed by atoms with van der Waals surface area (Å²) in [6.45, 7) is 4.22. The zero-order chi connectivity index (χ0) is 18.4. The molecule has 0 bridgehead atoms. The van der Waals surface area contributed by atoms with Crippen LogP contribution < -0.4 is 10.1 Å². The van der Waals surface area contributed by atoms with E-state index in [1.807, 2.05) is 24.3 Å². The number of ether oxygens (including phenoxy) is 1. The van der Waals surface area contributed by atoms with E-state index < -0.39 is 0 Å². The molecule has 0 spiro atoms. The van der Waals surface area contributed by atoms with Gasteiger partial charge in [-0.2, -0.15) is 0 Å². The molecule has 0 heterocycles. The molecule has 2 aromatic carbocycles. The molecule has 0 atom stereocenters. The number of rotatable bonds is 6. The van der Waals surface area contributed by atoms with Crippen molar-refractivity contribution in [3.05, 3.63) is 59.7 Å². The van der Waals surface area contributed by atoms with Gasteiger partial charge in [-0.25, -0.2) is 0 Å². The molecule has 25 heavy (non-hydrogen) atoms. The lowest BCUT2D eigenvalue weighted by molar-refractivity contribution is -0.130. The van der Waals surface area contributed by atoms with E-state index in [1.165, 1.54) is 10.5 Å². The zero-order valence-corrected chi connectivity index (χ0v) is 15.1. The van der Waals surface area contributed by atoms with Gasteiger partial charge in [-0.1, -0.05) is 26.0 Å². The third-order valence-electron chi connectivity index (χ3n) is 3.81. The maximum absolute atomic E-state index is 12.3. The number of anilines is 1. The fourth-order valence-corrected chi connectivity index (χ4v) is 2.13. The Morgan fingerprint density at radius 2 is 1.60 bits per heavy atom. The van der Waals surface area contributed by atoms with Gasteiger partial charge < -0.3 is 15.0 Å². The molecule has 1 N–H and O–H groups in total. The van der Waals surface area contributed by atoms with E-state index in [0.29, 0.717) is 22.9 Å². The summed E-state index contributed by atoms with van der Waals surface area (Å²) in [4.78, 5) is 25.2. The lowest BCUT2D eigenvalue weighted by Crippen LogP contribution is -2.27. The normalized spacial score (nSPS) is 10.4. The predicted octanol–water partition coefficient (Wildman–Crippen LogP) is 3.53. The average molecular weight is 340 g/mol. The van der Waals surface area contributed by atoms with Crippen molar-refractivity contribution in [1.82, 2.24) is 4.90 Å². The van der Waals surface area contributed by atoms with Crippen LogP contribution in [0.25, 0.3) is 0 Å². The van der Waals surface area contributed by atoms with Crippen molar-refractivity contribution in [1.29, 1.82) is 0 Å². The Hall–Kier alpha value is -2.82. The number of hydrogen-bond donors (Lipinski definition) is 1. The molecular formula is C20H24N2O3. The Morgan fingerprint density at radius 3 is 2.12 bits per heavy atom.